The molecule has 1 amide bonds. The van der Waals surface area contributed by atoms with Gasteiger partial charge in [0, 0.05) is 4.88 Å². The Bertz CT molecular complexity index is 1070. The Kier molecular flexibility index (Phi) is 4.97. The topological polar surface area (TPSA) is 85.8 Å². The molecule has 1 aliphatic carbocycles. The van der Waals surface area contributed by atoms with Crippen molar-refractivity contribution in [2.75, 3.05) is 39.4 Å². The number of nitrogens with zero attached hydrogens (tertiary/aromatic N) is 4. The molecule has 0 unspecified atom stereocenters. The lowest BCUT2D eigenvalue weighted by Gasteiger charge is -2.23. The molecule has 2 N–H and O–H groups in total. The maximum absolute atomic E-state index is 12.7. The maximum atomic E-state index is 12.7. The van der Waals surface area contributed by atoms with E-state index in [2.05, 4.69) is 22.3 Å². The minimum absolute atomic E-state index is 0.216. The van der Waals surface area contributed by atoms with Gasteiger partial charge in [0.25, 0.3) is 5.91 Å². The molecule has 8 nitrogen and oxygen atoms in total. The number of quaternary nitrogens is 1. The summed E-state index contributed by atoms with van der Waals surface area (Å²) in [4.78, 5) is 26.0. The molecule has 154 valence electrons. The number of morpholine rings is 1. The smallest absolute Gasteiger partial charge is 0.291 e. The first-order valence-corrected chi connectivity index (χ1v) is 11.3. The van der Waals surface area contributed by atoms with Gasteiger partial charge in [0.2, 0.25) is 5.82 Å². The predicted octanol–water partition coefficient (Wildman–Crippen LogP) is 0.417. The summed E-state index contributed by atoms with van der Waals surface area (Å²) in [5.41, 5.74) is 2.12. The maximum Gasteiger partial charge on any atom is 0.291 e. The third kappa shape index (κ3) is 3.51. The largest absolute Gasteiger partial charge is 0.370 e. The number of rotatable bonds is 4. The third-order valence-electron chi connectivity index (χ3n) is 6.06. The second-order valence-corrected chi connectivity index (χ2v) is 9.31. The van der Waals surface area contributed by atoms with Crippen LogP contribution < -0.4 is 10.2 Å². The molecular weight excluding hydrogens is 388 g/mol. The lowest BCUT2D eigenvalue weighted by molar-refractivity contribution is -0.906. The number of fused-ring (bicyclic) bond motifs is 5. The molecule has 1 fully saturated rings. The fourth-order valence-corrected chi connectivity index (χ4v) is 5.64. The molecule has 0 aromatic carbocycles. The zero-order chi connectivity index (χ0) is 20.0. The molecule has 1 aliphatic heterocycles. The van der Waals surface area contributed by atoms with Crippen molar-refractivity contribution in [2.24, 2.45) is 5.92 Å². The van der Waals surface area contributed by atoms with Crippen LogP contribution in [0.1, 0.15) is 40.2 Å². The van der Waals surface area contributed by atoms with Gasteiger partial charge in [-0.05, 0) is 37.7 Å². The normalized spacial score (nSPS) is 20.3. The average molecular weight is 416 g/mol. The van der Waals surface area contributed by atoms with Gasteiger partial charge < -0.3 is 15.0 Å². The van der Waals surface area contributed by atoms with Crippen LogP contribution in [-0.2, 0) is 17.6 Å². The monoisotopic (exact) mass is 415 g/mol. The number of amides is 1. The Morgan fingerprint density at radius 3 is 3.00 bits per heavy atom. The standard InChI is InChI=1S/C20H26N6O2S/c1-12-3-4-15-14(11-12)16-18-23-17(24-26(18)13(2)22-20(16)29-15)19(27)21-5-6-25-7-9-28-10-8-25/h12H,3-11H2,1-2H3,(H,21,27)/p+1/t12-/m1/s1. The van der Waals surface area contributed by atoms with E-state index in [-0.39, 0.29) is 11.7 Å². The molecule has 1 atom stereocenters. The van der Waals surface area contributed by atoms with Crippen LogP contribution in [-0.4, -0.2) is 64.9 Å². The van der Waals surface area contributed by atoms with Crippen LogP contribution in [0.5, 0.6) is 0 Å². The fourth-order valence-electron chi connectivity index (χ4n) is 4.38. The van der Waals surface area contributed by atoms with Crippen molar-refractivity contribution < 1.29 is 14.4 Å². The number of carbonyl (C=O) groups excluding carboxylic acids is 1. The lowest BCUT2D eigenvalue weighted by atomic mass is 9.89. The summed E-state index contributed by atoms with van der Waals surface area (Å²) in [6.07, 6.45) is 3.38. The Morgan fingerprint density at radius 1 is 1.34 bits per heavy atom. The summed E-state index contributed by atoms with van der Waals surface area (Å²) in [6, 6.07) is 0. The van der Waals surface area contributed by atoms with Crippen LogP contribution in [0, 0.1) is 12.8 Å². The van der Waals surface area contributed by atoms with E-state index in [1.54, 1.807) is 15.9 Å². The highest BCUT2D eigenvalue weighted by atomic mass is 32.1. The number of carbonyl (C=O) groups is 1. The SMILES string of the molecule is Cc1nc2sc3c(c2c2nc(C(=O)NCC[NH+]4CCOCC4)nn12)C[C@H](C)CC3. The van der Waals surface area contributed by atoms with Crippen molar-refractivity contribution in [3.63, 3.8) is 0 Å². The van der Waals surface area contributed by atoms with Gasteiger partial charge in [-0.25, -0.2) is 9.97 Å². The Balaban J connectivity index is 1.41. The van der Waals surface area contributed by atoms with E-state index in [0.29, 0.717) is 12.5 Å². The predicted molar refractivity (Wildman–Crippen MR) is 111 cm³/mol. The van der Waals surface area contributed by atoms with Crippen molar-refractivity contribution in [2.45, 2.75) is 33.1 Å². The van der Waals surface area contributed by atoms with Crippen LogP contribution in [0.15, 0.2) is 0 Å². The number of thiophene rings is 1. The van der Waals surface area contributed by atoms with Crippen molar-refractivity contribution in [3.8, 4) is 0 Å². The van der Waals surface area contributed by atoms with Crippen LogP contribution in [0.25, 0.3) is 15.9 Å². The molecule has 9 heteroatoms. The van der Waals surface area contributed by atoms with Crippen LogP contribution in [0.2, 0.25) is 0 Å². The molecule has 2 aliphatic rings. The Hall–Kier alpha value is -2.10. The zero-order valence-electron chi connectivity index (χ0n) is 17.0. The Morgan fingerprint density at radius 2 is 2.17 bits per heavy atom. The minimum Gasteiger partial charge on any atom is -0.370 e. The number of ether oxygens (including phenoxy) is 1. The first-order valence-electron chi connectivity index (χ1n) is 10.5. The summed E-state index contributed by atoms with van der Waals surface area (Å²) in [7, 11) is 0. The number of nitrogens with one attached hydrogen (secondary N) is 2. The van der Waals surface area contributed by atoms with Crippen LogP contribution in [0.3, 0.4) is 0 Å². The first kappa shape index (κ1) is 18.9. The van der Waals surface area contributed by atoms with Gasteiger partial charge in [-0.1, -0.05) is 6.92 Å². The molecule has 4 heterocycles. The van der Waals surface area contributed by atoms with Crippen molar-refractivity contribution >= 4 is 33.1 Å². The molecule has 29 heavy (non-hydrogen) atoms. The van der Waals surface area contributed by atoms with E-state index in [1.807, 2.05) is 6.92 Å². The second kappa shape index (κ2) is 7.62. The summed E-state index contributed by atoms with van der Waals surface area (Å²) in [6.45, 7) is 9.30. The molecule has 0 radical (unpaired) electrons. The average Bonchev–Trinajstić information content (AvgIpc) is 3.30. The molecule has 0 spiro atoms. The Labute approximate surface area is 173 Å². The van der Waals surface area contributed by atoms with E-state index in [0.717, 1.165) is 67.4 Å². The third-order valence-corrected chi connectivity index (χ3v) is 7.24. The summed E-state index contributed by atoms with van der Waals surface area (Å²) < 4.78 is 7.11. The van der Waals surface area contributed by atoms with E-state index in [1.165, 1.54) is 21.8 Å². The first-order chi connectivity index (χ1) is 14.1. The molecule has 0 saturated carbocycles. The van der Waals surface area contributed by atoms with E-state index < -0.39 is 0 Å². The van der Waals surface area contributed by atoms with Crippen LogP contribution >= 0.6 is 11.3 Å². The number of aromatic nitrogens is 4. The molecule has 3 aromatic rings. The number of hydrogen-bond donors (Lipinski definition) is 2. The minimum atomic E-state index is -0.216. The molecule has 3 aromatic heterocycles. The van der Waals surface area contributed by atoms with E-state index in [9.17, 15) is 4.79 Å². The molecular formula is C20H27N6O2S+. The van der Waals surface area contributed by atoms with Crippen molar-refractivity contribution in [3.05, 3.63) is 22.1 Å². The second-order valence-electron chi connectivity index (χ2n) is 8.23. The highest BCUT2D eigenvalue weighted by molar-refractivity contribution is 7.19. The summed E-state index contributed by atoms with van der Waals surface area (Å²) >= 11 is 1.77. The highest BCUT2D eigenvalue weighted by Gasteiger charge is 2.25. The van der Waals surface area contributed by atoms with Crippen molar-refractivity contribution in [1.82, 2.24) is 24.9 Å². The summed E-state index contributed by atoms with van der Waals surface area (Å²) in [5, 5.41) is 8.55. The quantitative estimate of drug-likeness (QED) is 0.645. The number of aryl methyl sites for hydroxylation is 2. The van der Waals surface area contributed by atoms with Gasteiger partial charge in [0.1, 0.15) is 23.7 Å². The van der Waals surface area contributed by atoms with E-state index >= 15 is 0 Å². The van der Waals surface area contributed by atoms with E-state index in [4.69, 9.17) is 9.72 Å². The molecule has 5 rings (SSSR count). The van der Waals surface area contributed by atoms with Crippen LogP contribution in [0.4, 0.5) is 0 Å². The lowest BCUT2D eigenvalue weighted by Crippen LogP contribution is -3.14. The summed E-state index contributed by atoms with van der Waals surface area (Å²) in [5.74, 6) is 1.44. The highest BCUT2D eigenvalue weighted by Crippen LogP contribution is 2.38. The fraction of sp³-hybridized carbons (Fsp3) is 0.600. The number of hydrogen-bond acceptors (Lipinski definition) is 6. The van der Waals surface area contributed by atoms with Gasteiger partial charge in [-0.15, -0.1) is 16.4 Å². The molecule has 1 saturated heterocycles. The zero-order valence-corrected chi connectivity index (χ0v) is 17.8. The van der Waals surface area contributed by atoms with Gasteiger partial charge in [0.15, 0.2) is 5.65 Å². The molecule has 0 bridgehead atoms. The van der Waals surface area contributed by atoms with Crippen molar-refractivity contribution in [1.29, 1.82) is 0 Å². The van der Waals surface area contributed by atoms with Gasteiger partial charge in [0.05, 0.1) is 31.7 Å². The van der Waals surface area contributed by atoms with Gasteiger partial charge in [-0.2, -0.15) is 4.52 Å². The van der Waals surface area contributed by atoms with Gasteiger partial charge >= 0.3 is 0 Å². The van der Waals surface area contributed by atoms with Gasteiger partial charge in [-0.3, -0.25) is 4.79 Å².